The fourth-order valence-electron chi connectivity index (χ4n) is 3.01. The number of carbonyl (C=O) groups excluding carboxylic acids is 1. The Morgan fingerprint density at radius 2 is 1.90 bits per heavy atom. The number of nitrogens with zero attached hydrogens (tertiary/aromatic N) is 8. The van der Waals surface area contributed by atoms with Gasteiger partial charge in [-0.1, -0.05) is 38.1 Å². The van der Waals surface area contributed by atoms with Gasteiger partial charge in [0.25, 0.3) is 0 Å². The van der Waals surface area contributed by atoms with Crippen molar-refractivity contribution in [3.63, 3.8) is 0 Å². The number of amides is 1. The summed E-state index contributed by atoms with van der Waals surface area (Å²) < 4.78 is 1.52. The summed E-state index contributed by atoms with van der Waals surface area (Å²) in [6.07, 6.45) is 2.56. The minimum absolute atomic E-state index is 0.0485. The van der Waals surface area contributed by atoms with Crippen molar-refractivity contribution in [3.05, 3.63) is 60.4 Å². The largest absolute Gasteiger partial charge is 0.324 e. The van der Waals surface area contributed by atoms with E-state index >= 15 is 0 Å². The first-order chi connectivity index (χ1) is 14.6. The third kappa shape index (κ3) is 4.22. The molecule has 0 spiro atoms. The molecule has 10 heteroatoms. The summed E-state index contributed by atoms with van der Waals surface area (Å²) in [5.41, 5.74) is 3.40. The number of hydrogen-bond donors (Lipinski definition) is 1. The van der Waals surface area contributed by atoms with E-state index < -0.39 is 0 Å². The summed E-state index contributed by atoms with van der Waals surface area (Å²) in [6.45, 7) is 4.28. The molecule has 1 unspecified atom stereocenters. The van der Waals surface area contributed by atoms with Crippen LogP contribution in [0.5, 0.6) is 0 Å². The van der Waals surface area contributed by atoms with Gasteiger partial charge in [-0.3, -0.25) is 4.79 Å². The lowest BCUT2D eigenvalue weighted by Gasteiger charge is -2.10. The van der Waals surface area contributed by atoms with Crippen molar-refractivity contribution in [3.8, 4) is 17.1 Å². The number of hydrogen-bond acceptors (Lipinski definition) is 7. The van der Waals surface area contributed by atoms with Crippen LogP contribution in [0.3, 0.4) is 0 Å². The van der Waals surface area contributed by atoms with E-state index in [1.54, 1.807) is 0 Å². The molecule has 152 valence electrons. The Hall–Kier alpha value is -3.95. The lowest BCUT2D eigenvalue weighted by Crippen LogP contribution is -2.20. The van der Waals surface area contributed by atoms with Crippen LogP contribution in [0.2, 0.25) is 0 Å². The molecule has 0 radical (unpaired) electrons. The lowest BCUT2D eigenvalue weighted by molar-refractivity contribution is -0.117. The minimum Gasteiger partial charge on any atom is -0.324 e. The van der Waals surface area contributed by atoms with Gasteiger partial charge in [-0.05, 0) is 57.8 Å². The molecule has 10 nitrogen and oxygen atoms in total. The van der Waals surface area contributed by atoms with E-state index in [0.29, 0.717) is 23.0 Å². The van der Waals surface area contributed by atoms with Crippen molar-refractivity contribution >= 4 is 11.6 Å². The van der Waals surface area contributed by atoms with Crippen LogP contribution in [0.15, 0.2) is 54.9 Å². The summed E-state index contributed by atoms with van der Waals surface area (Å²) in [5.74, 6) is 0.638. The maximum atomic E-state index is 12.4. The average Bonchev–Trinajstić information content (AvgIpc) is 3.46. The Morgan fingerprint density at radius 1 is 1.10 bits per heavy atom. The fraction of sp³-hybridized carbons (Fsp3) is 0.250. The topological polar surface area (TPSA) is 116 Å². The van der Waals surface area contributed by atoms with Gasteiger partial charge >= 0.3 is 0 Å². The molecule has 2 aromatic heterocycles. The molecule has 1 atom stereocenters. The zero-order chi connectivity index (χ0) is 20.9. The summed E-state index contributed by atoms with van der Waals surface area (Å²) in [7, 11) is 0. The number of benzene rings is 2. The van der Waals surface area contributed by atoms with Gasteiger partial charge in [0.2, 0.25) is 11.7 Å². The van der Waals surface area contributed by atoms with Gasteiger partial charge in [-0.25, -0.2) is 0 Å². The van der Waals surface area contributed by atoms with E-state index in [9.17, 15) is 4.79 Å². The van der Waals surface area contributed by atoms with E-state index in [4.69, 9.17) is 0 Å². The van der Waals surface area contributed by atoms with E-state index in [1.807, 2.05) is 48.5 Å². The second kappa shape index (κ2) is 8.60. The van der Waals surface area contributed by atoms with Crippen LogP contribution in [0.25, 0.3) is 17.1 Å². The standard InChI is InChI=1S/C20H21N9O/c1-3-14(2)15-8-10-16(11-9-15)22-19(30)12-29-24-20(23-26-29)17-6-4-5-7-18(17)28-13-21-25-27-28/h4-11,13-14H,3,12H2,1-2H3,(H,22,30). The molecule has 0 aliphatic heterocycles. The first-order valence-electron chi connectivity index (χ1n) is 9.64. The molecular formula is C20H21N9O. The summed E-state index contributed by atoms with van der Waals surface area (Å²) in [5, 5.41) is 26.5. The Labute approximate surface area is 172 Å². The number of aromatic nitrogens is 8. The lowest BCUT2D eigenvalue weighted by atomic mass is 9.99. The Balaban J connectivity index is 1.45. The zero-order valence-corrected chi connectivity index (χ0v) is 16.7. The summed E-state index contributed by atoms with van der Waals surface area (Å²) in [6, 6.07) is 15.3. The van der Waals surface area contributed by atoms with Gasteiger partial charge in [-0.2, -0.15) is 9.48 Å². The monoisotopic (exact) mass is 403 g/mol. The van der Waals surface area contributed by atoms with E-state index in [-0.39, 0.29) is 12.5 Å². The highest BCUT2D eigenvalue weighted by atomic mass is 16.2. The molecule has 0 saturated carbocycles. The molecule has 0 aliphatic rings. The molecule has 4 rings (SSSR count). The number of anilines is 1. The van der Waals surface area contributed by atoms with Crippen LogP contribution >= 0.6 is 0 Å². The second-order valence-corrected chi connectivity index (χ2v) is 6.89. The van der Waals surface area contributed by atoms with Gasteiger partial charge in [0.1, 0.15) is 12.9 Å². The molecule has 0 saturated heterocycles. The molecule has 4 aromatic rings. The second-order valence-electron chi connectivity index (χ2n) is 6.89. The minimum atomic E-state index is -0.232. The normalized spacial score (nSPS) is 11.9. The molecule has 0 aliphatic carbocycles. The quantitative estimate of drug-likeness (QED) is 0.504. The Kier molecular flexibility index (Phi) is 5.55. The van der Waals surface area contributed by atoms with Crippen LogP contribution in [0.4, 0.5) is 5.69 Å². The van der Waals surface area contributed by atoms with Crippen LogP contribution < -0.4 is 5.32 Å². The Bertz CT molecular complexity index is 1120. The van der Waals surface area contributed by atoms with E-state index in [0.717, 1.165) is 12.1 Å². The highest BCUT2D eigenvalue weighted by Crippen LogP contribution is 2.22. The molecule has 0 fully saturated rings. The molecule has 30 heavy (non-hydrogen) atoms. The van der Waals surface area contributed by atoms with Gasteiger partial charge < -0.3 is 5.32 Å². The van der Waals surface area contributed by atoms with Crippen molar-refractivity contribution < 1.29 is 4.79 Å². The van der Waals surface area contributed by atoms with Crippen molar-refractivity contribution in [1.82, 2.24) is 40.4 Å². The molecule has 2 heterocycles. The smallest absolute Gasteiger partial charge is 0.248 e. The van der Waals surface area contributed by atoms with Crippen molar-refractivity contribution in [2.75, 3.05) is 5.32 Å². The molecule has 1 amide bonds. The highest BCUT2D eigenvalue weighted by Gasteiger charge is 2.14. The van der Waals surface area contributed by atoms with Crippen LogP contribution in [0.1, 0.15) is 31.7 Å². The fourth-order valence-corrected chi connectivity index (χ4v) is 3.01. The van der Waals surface area contributed by atoms with Crippen LogP contribution in [0, 0.1) is 0 Å². The first kappa shape index (κ1) is 19.4. The van der Waals surface area contributed by atoms with Gasteiger partial charge in [0.15, 0.2) is 0 Å². The SMILES string of the molecule is CCC(C)c1ccc(NC(=O)Cn2nnc(-c3ccccc3-n3cnnn3)n2)cc1. The van der Waals surface area contributed by atoms with Gasteiger partial charge in [0.05, 0.1) is 5.69 Å². The number of para-hydroxylation sites is 1. The maximum Gasteiger partial charge on any atom is 0.248 e. The van der Waals surface area contributed by atoms with Crippen molar-refractivity contribution in [2.24, 2.45) is 0 Å². The van der Waals surface area contributed by atoms with Gasteiger partial charge in [0, 0.05) is 11.3 Å². The van der Waals surface area contributed by atoms with Crippen molar-refractivity contribution in [1.29, 1.82) is 0 Å². The van der Waals surface area contributed by atoms with E-state index in [2.05, 4.69) is 50.1 Å². The van der Waals surface area contributed by atoms with Crippen molar-refractivity contribution in [2.45, 2.75) is 32.7 Å². The van der Waals surface area contributed by atoms with Crippen LogP contribution in [-0.2, 0) is 11.3 Å². The zero-order valence-electron chi connectivity index (χ0n) is 16.7. The summed E-state index contributed by atoms with van der Waals surface area (Å²) in [4.78, 5) is 13.6. The average molecular weight is 403 g/mol. The molecule has 0 bridgehead atoms. The van der Waals surface area contributed by atoms with Gasteiger partial charge in [-0.15, -0.1) is 15.3 Å². The predicted molar refractivity (Wildman–Crippen MR) is 110 cm³/mol. The number of nitrogens with one attached hydrogen (secondary N) is 1. The summed E-state index contributed by atoms with van der Waals surface area (Å²) >= 11 is 0. The maximum absolute atomic E-state index is 12.4. The number of carbonyl (C=O) groups is 1. The third-order valence-corrected chi connectivity index (χ3v) is 4.85. The molecule has 2 aromatic carbocycles. The van der Waals surface area contributed by atoms with E-state index in [1.165, 1.54) is 21.4 Å². The molecular weight excluding hydrogens is 382 g/mol. The number of tetrazole rings is 2. The van der Waals surface area contributed by atoms with Crippen LogP contribution in [-0.4, -0.2) is 46.3 Å². The Morgan fingerprint density at radius 3 is 2.63 bits per heavy atom. The third-order valence-electron chi connectivity index (χ3n) is 4.85. The molecule has 1 N–H and O–H groups in total. The predicted octanol–water partition coefficient (Wildman–Crippen LogP) is 2.47. The first-order valence-corrected chi connectivity index (χ1v) is 9.64. The number of rotatable bonds is 7. The highest BCUT2D eigenvalue weighted by molar-refractivity contribution is 5.90.